The third-order valence-corrected chi connectivity index (χ3v) is 3.52. The second-order valence-electron chi connectivity index (χ2n) is 5.29. The number of halogens is 3. The maximum atomic E-state index is 12.7. The smallest absolute Gasteiger partial charge is 0.308 e. The molecule has 0 atom stereocenters. The Bertz CT molecular complexity index is 1100. The van der Waals surface area contributed by atoms with Crippen LogP contribution >= 0.6 is 0 Å². The highest BCUT2D eigenvalue weighted by molar-refractivity contribution is 6.05. The quantitative estimate of drug-likeness (QED) is 0.562. The molecule has 0 fully saturated rings. The minimum Gasteiger partial charge on any atom is -0.308 e. The second-order valence-corrected chi connectivity index (χ2v) is 5.29. The van der Waals surface area contributed by atoms with Gasteiger partial charge >= 0.3 is 12.2 Å². The number of anilines is 2. The Morgan fingerprint density at radius 3 is 2.35 bits per heavy atom. The minimum atomic E-state index is -4.54. The minimum absolute atomic E-state index is 0.0410. The number of carbonyl (C=O) groups is 1. The van der Waals surface area contributed by atoms with Gasteiger partial charge in [-0.3, -0.25) is 19.8 Å². The number of urea groups is 1. The first-order valence-electron chi connectivity index (χ1n) is 7.24. The molecule has 0 aliphatic carbocycles. The lowest BCUT2D eigenvalue weighted by Gasteiger charge is -2.11. The largest absolute Gasteiger partial charge is 0.416 e. The van der Waals surface area contributed by atoms with Crippen LogP contribution in [0.2, 0.25) is 0 Å². The first kappa shape index (κ1) is 17.3. The molecule has 0 aliphatic rings. The number of amides is 2. The zero-order valence-electron chi connectivity index (χ0n) is 12.9. The Morgan fingerprint density at radius 2 is 1.62 bits per heavy atom. The van der Waals surface area contributed by atoms with E-state index < -0.39 is 28.9 Å². The molecule has 4 N–H and O–H groups in total. The van der Waals surface area contributed by atoms with Crippen LogP contribution in [0.5, 0.6) is 0 Å². The van der Waals surface area contributed by atoms with E-state index in [1.54, 1.807) is 0 Å². The number of rotatable bonds is 2. The van der Waals surface area contributed by atoms with E-state index in [-0.39, 0.29) is 22.1 Å². The average molecular weight is 364 g/mol. The van der Waals surface area contributed by atoms with Crippen molar-refractivity contribution in [1.82, 2.24) is 10.2 Å². The maximum Gasteiger partial charge on any atom is 0.416 e. The molecule has 2 aromatic carbocycles. The highest BCUT2D eigenvalue weighted by atomic mass is 19.4. The van der Waals surface area contributed by atoms with Crippen molar-refractivity contribution in [1.29, 1.82) is 0 Å². The summed E-state index contributed by atoms with van der Waals surface area (Å²) in [5, 5.41) is 8.92. The van der Waals surface area contributed by atoms with Crippen LogP contribution in [0.15, 0.2) is 52.1 Å². The van der Waals surface area contributed by atoms with Crippen LogP contribution in [0.3, 0.4) is 0 Å². The van der Waals surface area contributed by atoms with E-state index in [9.17, 15) is 27.6 Å². The Balaban J connectivity index is 1.88. The van der Waals surface area contributed by atoms with E-state index in [0.29, 0.717) is 0 Å². The molecule has 0 radical (unpaired) electrons. The standard InChI is InChI=1S/C16H11F3N4O3/c17-16(18,19)8-3-1-4-9(7-8)20-15(26)21-11-6-2-5-10-12(11)14(25)23-22-13(10)24/h1-7H,(H,22,24)(H,23,25)(H2,20,21,26). The molecule has 3 rings (SSSR count). The number of nitrogens with one attached hydrogen (secondary N) is 4. The summed E-state index contributed by atoms with van der Waals surface area (Å²) in [5.41, 5.74) is -2.14. The normalized spacial score (nSPS) is 11.3. The molecule has 10 heteroatoms. The van der Waals surface area contributed by atoms with Crippen LogP contribution in [0.25, 0.3) is 10.8 Å². The molecule has 0 aliphatic heterocycles. The van der Waals surface area contributed by atoms with Gasteiger partial charge in [0.05, 0.1) is 22.0 Å². The lowest BCUT2D eigenvalue weighted by atomic mass is 10.1. The third-order valence-electron chi connectivity index (χ3n) is 3.52. The molecule has 0 saturated heterocycles. The van der Waals surface area contributed by atoms with Gasteiger partial charge in [-0.1, -0.05) is 12.1 Å². The third kappa shape index (κ3) is 3.43. The van der Waals surface area contributed by atoms with Crippen LogP contribution in [-0.2, 0) is 6.18 Å². The predicted octanol–water partition coefficient (Wildman–Crippen LogP) is 2.88. The molecule has 0 spiro atoms. The van der Waals surface area contributed by atoms with Crippen molar-refractivity contribution in [3.8, 4) is 0 Å². The Kier molecular flexibility index (Phi) is 4.24. The van der Waals surface area contributed by atoms with Crippen LogP contribution in [-0.4, -0.2) is 16.2 Å². The van der Waals surface area contributed by atoms with Crippen molar-refractivity contribution in [2.75, 3.05) is 10.6 Å². The van der Waals surface area contributed by atoms with Crippen molar-refractivity contribution in [3.05, 3.63) is 68.7 Å². The van der Waals surface area contributed by atoms with Gasteiger partial charge in [-0.25, -0.2) is 4.79 Å². The van der Waals surface area contributed by atoms with Gasteiger partial charge in [-0.2, -0.15) is 13.2 Å². The van der Waals surface area contributed by atoms with E-state index in [4.69, 9.17) is 0 Å². The highest BCUT2D eigenvalue weighted by Gasteiger charge is 2.30. The van der Waals surface area contributed by atoms with Crippen molar-refractivity contribution in [2.45, 2.75) is 6.18 Å². The van der Waals surface area contributed by atoms with E-state index in [1.807, 2.05) is 0 Å². The first-order chi connectivity index (χ1) is 12.3. The van der Waals surface area contributed by atoms with Crippen molar-refractivity contribution in [2.24, 2.45) is 0 Å². The number of alkyl halides is 3. The summed E-state index contributed by atoms with van der Waals surface area (Å²) in [6.45, 7) is 0. The summed E-state index contributed by atoms with van der Waals surface area (Å²) < 4.78 is 38.1. The van der Waals surface area contributed by atoms with Crippen LogP contribution in [0.4, 0.5) is 29.3 Å². The highest BCUT2D eigenvalue weighted by Crippen LogP contribution is 2.30. The van der Waals surface area contributed by atoms with Crippen molar-refractivity contribution >= 4 is 28.2 Å². The topological polar surface area (TPSA) is 107 Å². The van der Waals surface area contributed by atoms with E-state index in [0.717, 1.165) is 18.2 Å². The van der Waals surface area contributed by atoms with Gasteiger partial charge in [0.25, 0.3) is 11.1 Å². The number of fused-ring (bicyclic) bond motifs is 1. The molecular weight excluding hydrogens is 353 g/mol. The summed E-state index contributed by atoms with van der Waals surface area (Å²) in [5.74, 6) is 0. The van der Waals surface area contributed by atoms with Crippen LogP contribution < -0.4 is 21.8 Å². The number of aromatic nitrogens is 2. The summed E-state index contributed by atoms with van der Waals surface area (Å²) in [6.07, 6.45) is -4.54. The fourth-order valence-corrected chi connectivity index (χ4v) is 2.39. The molecule has 2 amide bonds. The number of carbonyl (C=O) groups excluding carboxylic acids is 1. The molecule has 7 nitrogen and oxygen atoms in total. The zero-order valence-corrected chi connectivity index (χ0v) is 12.9. The zero-order chi connectivity index (χ0) is 18.9. The molecule has 1 aromatic heterocycles. The van der Waals surface area contributed by atoms with Crippen molar-refractivity contribution in [3.63, 3.8) is 0 Å². The summed E-state index contributed by atoms with van der Waals surface area (Å²) >= 11 is 0. The Hall–Kier alpha value is -3.56. The van der Waals surface area contributed by atoms with Crippen molar-refractivity contribution < 1.29 is 18.0 Å². The predicted molar refractivity (Wildman–Crippen MR) is 89.3 cm³/mol. The van der Waals surface area contributed by atoms with Gasteiger partial charge in [-0.05, 0) is 30.3 Å². The van der Waals surface area contributed by atoms with Gasteiger partial charge in [0, 0.05) is 5.69 Å². The second kappa shape index (κ2) is 6.39. The molecule has 0 bridgehead atoms. The number of hydrogen-bond donors (Lipinski definition) is 4. The molecule has 26 heavy (non-hydrogen) atoms. The number of hydrogen-bond acceptors (Lipinski definition) is 3. The van der Waals surface area contributed by atoms with Gasteiger partial charge in [-0.15, -0.1) is 0 Å². The van der Waals surface area contributed by atoms with Crippen LogP contribution in [0, 0.1) is 0 Å². The number of benzene rings is 2. The molecular formula is C16H11F3N4O3. The lowest BCUT2D eigenvalue weighted by Crippen LogP contribution is -2.24. The van der Waals surface area contributed by atoms with E-state index in [2.05, 4.69) is 20.8 Å². The van der Waals surface area contributed by atoms with Gasteiger partial charge < -0.3 is 10.6 Å². The fraction of sp³-hybridized carbons (Fsp3) is 0.0625. The Labute approximate surface area is 142 Å². The molecule has 134 valence electrons. The fourth-order valence-electron chi connectivity index (χ4n) is 2.39. The average Bonchev–Trinajstić information content (AvgIpc) is 2.58. The van der Waals surface area contributed by atoms with E-state index in [1.165, 1.54) is 24.3 Å². The molecule has 0 saturated carbocycles. The number of H-pyrrole nitrogens is 2. The molecule has 3 aromatic rings. The summed E-state index contributed by atoms with van der Waals surface area (Å²) in [7, 11) is 0. The number of aromatic amines is 2. The lowest BCUT2D eigenvalue weighted by molar-refractivity contribution is -0.137. The summed E-state index contributed by atoms with van der Waals surface area (Å²) in [4.78, 5) is 35.7. The monoisotopic (exact) mass is 364 g/mol. The maximum absolute atomic E-state index is 12.7. The molecule has 0 unspecified atom stereocenters. The summed E-state index contributed by atoms with van der Waals surface area (Å²) in [6, 6.07) is 7.48. The van der Waals surface area contributed by atoms with Crippen LogP contribution in [0.1, 0.15) is 5.56 Å². The Morgan fingerprint density at radius 1 is 0.923 bits per heavy atom. The van der Waals surface area contributed by atoms with Gasteiger partial charge in [0.2, 0.25) is 0 Å². The SMILES string of the molecule is O=C(Nc1cccc(C(F)(F)F)c1)Nc1cccc2c(=O)[nH][nH]c(=O)c12. The first-order valence-corrected chi connectivity index (χ1v) is 7.24. The van der Waals surface area contributed by atoms with E-state index >= 15 is 0 Å². The van der Waals surface area contributed by atoms with Gasteiger partial charge in [0.1, 0.15) is 0 Å². The molecule has 1 heterocycles. The van der Waals surface area contributed by atoms with Gasteiger partial charge in [0.15, 0.2) is 0 Å².